The van der Waals surface area contributed by atoms with Crippen LogP contribution in [0.2, 0.25) is 0 Å². The number of aryl methyl sites for hydroxylation is 2. The molecule has 0 unspecified atom stereocenters. The van der Waals surface area contributed by atoms with E-state index in [2.05, 4.69) is 57.7 Å². The molecule has 0 bridgehead atoms. The number of rotatable bonds is 1. The molecular weight excluding hydrogens is 391 g/mol. The van der Waals surface area contributed by atoms with E-state index >= 15 is 0 Å². The standard InChI is InChI=1S/C24H19N2OP.CH4O/c1-25-19-14-8-6-12-17(19)21-22-18-13-7-9-15-20(18)26(2)24(22)28(27,23(21)25)16-10-4-3-5-11-16;1-2/h3-15H,1-2H3;2H,1H3. The highest BCUT2D eigenvalue weighted by atomic mass is 31.2. The van der Waals surface area contributed by atoms with Gasteiger partial charge in [0, 0.05) is 59.4 Å². The maximum Gasteiger partial charge on any atom is 0.203 e. The summed E-state index contributed by atoms with van der Waals surface area (Å²) in [5.74, 6) is 0. The van der Waals surface area contributed by atoms with Crippen LogP contribution in [0.3, 0.4) is 0 Å². The third-order valence-electron chi connectivity index (χ3n) is 6.12. The maximum atomic E-state index is 15.0. The Labute approximate surface area is 175 Å². The molecule has 150 valence electrons. The normalized spacial score (nSPS) is 13.7. The van der Waals surface area contributed by atoms with Gasteiger partial charge in [0.2, 0.25) is 7.14 Å². The van der Waals surface area contributed by atoms with Crippen LogP contribution in [0.25, 0.3) is 32.9 Å². The number of nitrogens with zero attached hydrogens (tertiary/aromatic N) is 2. The van der Waals surface area contributed by atoms with Gasteiger partial charge in [-0.2, -0.15) is 0 Å². The Hall–Kier alpha value is -3.07. The van der Waals surface area contributed by atoms with E-state index in [9.17, 15) is 4.57 Å². The minimum absolute atomic E-state index is 0.895. The van der Waals surface area contributed by atoms with E-state index in [1.54, 1.807) is 0 Å². The van der Waals surface area contributed by atoms with Gasteiger partial charge in [-0.1, -0.05) is 66.7 Å². The van der Waals surface area contributed by atoms with Gasteiger partial charge in [-0.05, 0) is 12.1 Å². The molecule has 4 nitrogen and oxygen atoms in total. The van der Waals surface area contributed by atoms with Gasteiger partial charge < -0.3 is 18.8 Å². The molecule has 3 heterocycles. The van der Waals surface area contributed by atoms with Gasteiger partial charge >= 0.3 is 0 Å². The smallest absolute Gasteiger partial charge is 0.203 e. The minimum atomic E-state index is -3.00. The van der Waals surface area contributed by atoms with Crippen LogP contribution in [0, 0.1) is 0 Å². The van der Waals surface area contributed by atoms with E-state index in [4.69, 9.17) is 5.11 Å². The van der Waals surface area contributed by atoms with Crippen molar-refractivity contribution in [2.45, 2.75) is 0 Å². The van der Waals surface area contributed by atoms with Crippen molar-refractivity contribution in [1.29, 1.82) is 0 Å². The number of fused-ring (bicyclic) bond motifs is 7. The molecule has 6 rings (SSSR count). The SMILES string of the molecule is CO.Cn1c2c(c3ccccc31)-c1c(n(C)c3ccccc13)P2(=O)c1ccccc1. The van der Waals surface area contributed by atoms with Gasteiger partial charge in [-0.3, -0.25) is 0 Å². The summed E-state index contributed by atoms with van der Waals surface area (Å²) < 4.78 is 19.3. The molecule has 0 aliphatic carbocycles. The molecule has 0 saturated carbocycles. The highest BCUT2D eigenvalue weighted by Crippen LogP contribution is 2.56. The summed E-state index contributed by atoms with van der Waals surface area (Å²) >= 11 is 0. The fourth-order valence-corrected chi connectivity index (χ4v) is 8.41. The van der Waals surface area contributed by atoms with E-state index in [1.165, 1.54) is 10.8 Å². The second-order valence-corrected chi connectivity index (χ2v) is 10.1. The lowest BCUT2D eigenvalue weighted by molar-refractivity contribution is 0.399. The summed E-state index contributed by atoms with van der Waals surface area (Å²) in [6, 6.07) is 26.8. The topological polar surface area (TPSA) is 47.2 Å². The lowest BCUT2D eigenvalue weighted by atomic mass is 10.0. The Balaban J connectivity index is 0.000000937. The van der Waals surface area contributed by atoms with Gasteiger partial charge in [0.15, 0.2) is 0 Å². The van der Waals surface area contributed by atoms with Gasteiger partial charge in [-0.15, -0.1) is 0 Å². The van der Waals surface area contributed by atoms with Crippen molar-refractivity contribution in [3.8, 4) is 11.1 Å². The van der Waals surface area contributed by atoms with Crippen LogP contribution in [0.5, 0.6) is 0 Å². The number of para-hydroxylation sites is 2. The molecule has 0 atom stereocenters. The molecule has 0 spiro atoms. The summed E-state index contributed by atoms with van der Waals surface area (Å²) in [7, 11) is 2.10. The molecule has 1 aliphatic rings. The molecule has 1 aliphatic heterocycles. The lowest BCUT2D eigenvalue weighted by Crippen LogP contribution is -2.28. The summed E-state index contributed by atoms with van der Waals surface area (Å²) in [6.45, 7) is 0. The molecule has 5 heteroatoms. The van der Waals surface area contributed by atoms with Crippen LogP contribution in [0.1, 0.15) is 0 Å². The predicted octanol–water partition coefficient (Wildman–Crippen LogP) is 3.90. The fraction of sp³-hybridized carbons (Fsp3) is 0.120. The van der Waals surface area contributed by atoms with Crippen LogP contribution in [-0.4, -0.2) is 21.4 Å². The van der Waals surface area contributed by atoms with Crippen molar-refractivity contribution < 1.29 is 9.67 Å². The Morgan fingerprint density at radius 1 is 0.633 bits per heavy atom. The summed E-state index contributed by atoms with van der Waals surface area (Å²) in [4.78, 5) is 0. The van der Waals surface area contributed by atoms with Gasteiger partial charge in [0.25, 0.3) is 0 Å². The zero-order chi connectivity index (χ0) is 21.0. The van der Waals surface area contributed by atoms with Crippen molar-refractivity contribution in [2.24, 2.45) is 14.1 Å². The Kier molecular flexibility index (Phi) is 4.25. The van der Waals surface area contributed by atoms with Crippen LogP contribution in [-0.2, 0) is 18.7 Å². The zero-order valence-corrected chi connectivity index (χ0v) is 18.1. The first kappa shape index (κ1) is 18.9. The van der Waals surface area contributed by atoms with E-state index in [0.29, 0.717) is 0 Å². The van der Waals surface area contributed by atoms with Crippen LogP contribution >= 0.6 is 7.14 Å². The molecule has 0 amide bonds. The van der Waals surface area contributed by atoms with Crippen molar-refractivity contribution in [3.05, 3.63) is 78.9 Å². The molecule has 0 radical (unpaired) electrons. The largest absolute Gasteiger partial charge is 0.400 e. The maximum absolute atomic E-state index is 15.0. The van der Waals surface area contributed by atoms with Crippen LogP contribution < -0.4 is 16.2 Å². The van der Waals surface area contributed by atoms with E-state index in [0.717, 1.165) is 45.4 Å². The van der Waals surface area contributed by atoms with Crippen molar-refractivity contribution in [1.82, 2.24) is 9.13 Å². The molecule has 5 aromatic rings. The number of benzene rings is 3. The molecule has 2 aromatic heterocycles. The average molecular weight is 414 g/mol. The number of hydrogen-bond donors (Lipinski definition) is 1. The van der Waals surface area contributed by atoms with E-state index in [1.807, 2.05) is 44.4 Å². The monoisotopic (exact) mass is 414 g/mol. The Morgan fingerprint density at radius 3 is 1.50 bits per heavy atom. The Bertz CT molecular complexity index is 1370. The first-order chi connectivity index (χ1) is 14.6. The highest BCUT2D eigenvalue weighted by molar-refractivity contribution is 7.86. The highest BCUT2D eigenvalue weighted by Gasteiger charge is 2.47. The minimum Gasteiger partial charge on any atom is -0.400 e. The average Bonchev–Trinajstić information content (AvgIpc) is 3.38. The van der Waals surface area contributed by atoms with Crippen LogP contribution in [0.15, 0.2) is 78.9 Å². The van der Waals surface area contributed by atoms with E-state index < -0.39 is 7.14 Å². The second kappa shape index (κ2) is 6.73. The summed E-state index contributed by atoms with van der Waals surface area (Å²) in [5.41, 5.74) is 6.43. The summed E-state index contributed by atoms with van der Waals surface area (Å²) in [5, 5.41) is 10.2. The van der Waals surface area contributed by atoms with E-state index in [-0.39, 0.29) is 0 Å². The third-order valence-corrected chi connectivity index (χ3v) is 9.38. The number of hydrogen-bond acceptors (Lipinski definition) is 2. The number of aromatic nitrogens is 2. The van der Waals surface area contributed by atoms with Crippen LogP contribution in [0.4, 0.5) is 0 Å². The van der Waals surface area contributed by atoms with Crippen molar-refractivity contribution in [3.63, 3.8) is 0 Å². The number of aliphatic hydroxyl groups excluding tert-OH is 1. The molecule has 3 aromatic carbocycles. The van der Waals surface area contributed by atoms with Gasteiger partial charge in [0.1, 0.15) is 0 Å². The molecule has 0 saturated heterocycles. The second-order valence-electron chi connectivity index (χ2n) is 7.49. The lowest BCUT2D eigenvalue weighted by Gasteiger charge is -2.18. The molecule has 1 N–H and O–H groups in total. The first-order valence-electron chi connectivity index (χ1n) is 9.90. The Morgan fingerprint density at radius 2 is 1.03 bits per heavy atom. The summed E-state index contributed by atoms with van der Waals surface area (Å²) in [6.07, 6.45) is 0. The van der Waals surface area contributed by atoms with Crippen molar-refractivity contribution >= 4 is 45.1 Å². The predicted molar refractivity (Wildman–Crippen MR) is 126 cm³/mol. The zero-order valence-electron chi connectivity index (χ0n) is 17.2. The molecule has 30 heavy (non-hydrogen) atoms. The van der Waals surface area contributed by atoms with Gasteiger partial charge in [-0.25, -0.2) is 0 Å². The molecule has 0 fully saturated rings. The fourth-order valence-electron chi connectivity index (χ4n) is 4.97. The quantitative estimate of drug-likeness (QED) is 0.415. The van der Waals surface area contributed by atoms with Crippen molar-refractivity contribution in [2.75, 3.05) is 7.11 Å². The van der Waals surface area contributed by atoms with Gasteiger partial charge in [0.05, 0.1) is 10.9 Å². The first-order valence-corrected chi connectivity index (χ1v) is 11.6. The third kappa shape index (κ3) is 2.18. The number of aliphatic hydroxyl groups is 1. The molecular formula is C25H23N2O2P.